The predicted molar refractivity (Wildman–Crippen MR) is 132 cm³/mol. The average Bonchev–Trinajstić information content (AvgIpc) is 3.54. The van der Waals surface area contributed by atoms with Gasteiger partial charge in [-0.2, -0.15) is 9.40 Å². The number of hydrogen-bond donors (Lipinski definition) is 0. The molecule has 5 rings (SSSR count). The van der Waals surface area contributed by atoms with Gasteiger partial charge in [-0.05, 0) is 31.4 Å². The maximum absolute atomic E-state index is 13.7. The van der Waals surface area contributed by atoms with Gasteiger partial charge in [0.25, 0.3) is 15.9 Å². The van der Waals surface area contributed by atoms with Crippen LogP contribution in [0.2, 0.25) is 0 Å². The summed E-state index contributed by atoms with van der Waals surface area (Å²) in [6.07, 6.45) is 1.70. The number of benzene rings is 1. The standard InChI is InChI=1S/C24H25N5O3S2/c1-17(2)29-23-20(16-25-29)19(15-21(26-23)18-7-4-3-5-8-18)24(30)27-10-12-28(13-11-27)34(31,32)22-9-6-14-33-22/h3-9,14-17H,10-13H2,1-2H3. The van der Waals surface area contributed by atoms with E-state index < -0.39 is 10.0 Å². The minimum atomic E-state index is -3.53. The summed E-state index contributed by atoms with van der Waals surface area (Å²) in [7, 11) is -3.53. The van der Waals surface area contributed by atoms with Gasteiger partial charge in [-0.15, -0.1) is 11.3 Å². The van der Waals surface area contributed by atoms with Gasteiger partial charge in [-0.1, -0.05) is 36.4 Å². The van der Waals surface area contributed by atoms with Gasteiger partial charge in [0.2, 0.25) is 0 Å². The second kappa shape index (κ2) is 8.94. The van der Waals surface area contributed by atoms with Gasteiger partial charge >= 0.3 is 0 Å². The third kappa shape index (κ3) is 4.02. The van der Waals surface area contributed by atoms with Crippen molar-refractivity contribution in [1.82, 2.24) is 24.0 Å². The van der Waals surface area contributed by atoms with Crippen LogP contribution < -0.4 is 0 Å². The molecule has 0 aliphatic carbocycles. The summed E-state index contributed by atoms with van der Waals surface area (Å²) in [6.45, 7) is 5.22. The SMILES string of the molecule is CC(C)n1ncc2c(C(=O)N3CCN(S(=O)(=O)c4cccs4)CC3)cc(-c3ccccc3)nc21. The van der Waals surface area contributed by atoms with Crippen molar-refractivity contribution < 1.29 is 13.2 Å². The fourth-order valence-corrected chi connectivity index (χ4v) is 6.74. The van der Waals surface area contributed by atoms with E-state index in [9.17, 15) is 13.2 Å². The molecule has 10 heteroatoms. The van der Waals surface area contributed by atoms with Crippen molar-refractivity contribution in [2.75, 3.05) is 26.2 Å². The minimum absolute atomic E-state index is 0.0879. The number of aromatic nitrogens is 3. The molecule has 0 saturated carbocycles. The lowest BCUT2D eigenvalue weighted by atomic mass is 10.1. The Bertz CT molecular complexity index is 1420. The molecule has 4 heterocycles. The van der Waals surface area contributed by atoms with Gasteiger partial charge in [-0.3, -0.25) is 4.79 Å². The lowest BCUT2D eigenvalue weighted by Gasteiger charge is -2.33. The third-order valence-corrected chi connectivity index (χ3v) is 9.24. The summed E-state index contributed by atoms with van der Waals surface area (Å²) in [5.74, 6) is -0.138. The molecule has 0 atom stereocenters. The topological polar surface area (TPSA) is 88.4 Å². The van der Waals surface area contributed by atoms with Gasteiger partial charge in [-0.25, -0.2) is 18.1 Å². The number of fused-ring (bicyclic) bond motifs is 1. The fraction of sp³-hybridized carbons (Fsp3) is 0.292. The molecule has 34 heavy (non-hydrogen) atoms. The summed E-state index contributed by atoms with van der Waals surface area (Å²) in [6, 6.07) is 15.0. The van der Waals surface area contributed by atoms with Crippen molar-refractivity contribution in [3.8, 4) is 11.3 Å². The average molecular weight is 496 g/mol. The van der Waals surface area contributed by atoms with E-state index in [2.05, 4.69) is 5.10 Å². The molecule has 176 valence electrons. The summed E-state index contributed by atoms with van der Waals surface area (Å²) >= 11 is 1.21. The second-order valence-corrected chi connectivity index (χ2v) is 11.6. The first kappa shape index (κ1) is 22.7. The molecular formula is C24H25N5O3S2. The molecule has 3 aromatic heterocycles. The number of hydrogen-bond acceptors (Lipinski definition) is 6. The molecule has 0 N–H and O–H groups in total. The second-order valence-electron chi connectivity index (χ2n) is 8.47. The number of thiophene rings is 1. The number of carbonyl (C=O) groups excluding carboxylic acids is 1. The van der Waals surface area contributed by atoms with E-state index in [0.717, 1.165) is 5.56 Å². The Morgan fingerprint density at radius 2 is 1.76 bits per heavy atom. The number of piperazine rings is 1. The first-order valence-electron chi connectivity index (χ1n) is 11.1. The van der Waals surface area contributed by atoms with E-state index in [1.54, 1.807) is 28.6 Å². The number of sulfonamides is 1. The predicted octanol–water partition coefficient (Wildman–Crippen LogP) is 3.89. The van der Waals surface area contributed by atoms with E-state index >= 15 is 0 Å². The van der Waals surface area contributed by atoms with Crippen molar-refractivity contribution in [3.05, 3.63) is 65.7 Å². The van der Waals surface area contributed by atoms with Crippen LogP contribution in [0, 0.1) is 0 Å². The van der Waals surface area contributed by atoms with E-state index in [-0.39, 0.29) is 25.0 Å². The van der Waals surface area contributed by atoms with Gasteiger partial charge in [0.1, 0.15) is 4.21 Å². The molecule has 1 aliphatic heterocycles. The Hall–Kier alpha value is -3.08. The molecule has 0 bridgehead atoms. The number of amides is 1. The van der Waals surface area contributed by atoms with Crippen molar-refractivity contribution in [1.29, 1.82) is 0 Å². The maximum Gasteiger partial charge on any atom is 0.254 e. The Morgan fingerprint density at radius 1 is 1.03 bits per heavy atom. The Morgan fingerprint density at radius 3 is 2.41 bits per heavy atom. The van der Waals surface area contributed by atoms with Crippen LogP contribution in [0.3, 0.4) is 0 Å². The molecule has 1 aliphatic rings. The van der Waals surface area contributed by atoms with Gasteiger partial charge in [0.15, 0.2) is 5.65 Å². The van der Waals surface area contributed by atoms with Crippen molar-refractivity contribution >= 4 is 38.3 Å². The number of nitrogens with zero attached hydrogens (tertiary/aromatic N) is 5. The Balaban J connectivity index is 1.46. The van der Waals surface area contributed by atoms with Crippen LogP contribution in [-0.2, 0) is 10.0 Å². The molecule has 8 nitrogen and oxygen atoms in total. The summed E-state index contributed by atoms with van der Waals surface area (Å²) in [4.78, 5) is 20.2. The smallest absolute Gasteiger partial charge is 0.254 e. The minimum Gasteiger partial charge on any atom is -0.336 e. The van der Waals surface area contributed by atoms with Crippen LogP contribution in [0.25, 0.3) is 22.3 Å². The molecule has 4 aromatic rings. The first-order chi connectivity index (χ1) is 16.4. The monoisotopic (exact) mass is 495 g/mol. The van der Waals surface area contributed by atoms with Crippen LogP contribution in [-0.4, -0.2) is 64.5 Å². The molecule has 0 radical (unpaired) electrons. The number of rotatable bonds is 5. The molecule has 1 saturated heterocycles. The Kier molecular flexibility index (Phi) is 5.97. The highest BCUT2D eigenvalue weighted by molar-refractivity contribution is 7.91. The highest BCUT2D eigenvalue weighted by Gasteiger charge is 2.32. The van der Waals surface area contributed by atoms with Crippen molar-refractivity contribution in [2.24, 2.45) is 0 Å². The van der Waals surface area contributed by atoms with E-state index in [1.807, 2.05) is 54.9 Å². The van der Waals surface area contributed by atoms with Gasteiger partial charge in [0, 0.05) is 37.8 Å². The molecule has 1 amide bonds. The van der Waals surface area contributed by atoms with E-state index in [4.69, 9.17) is 4.98 Å². The van der Waals surface area contributed by atoms with E-state index in [1.165, 1.54) is 15.6 Å². The van der Waals surface area contributed by atoms with Crippen molar-refractivity contribution in [3.63, 3.8) is 0 Å². The third-order valence-electron chi connectivity index (χ3n) is 5.97. The molecule has 0 spiro atoms. The fourth-order valence-electron chi connectivity index (χ4n) is 4.17. The van der Waals surface area contributed by atoms with Gasteiger partial charge < -0.3 is 4.90 Å². The molecule has 0 unspecified atom stereocenters. The largest absolute Gasteiger partial charge is 0.336 e. The lowest BCUT2D eigenvalue weighted by Crippen LogP contribution is -2.50. The summed E-state index contributed by atoms with van der Waals surface area (Å²) in [5.41, 5.74) is 2.82. The maximum atomic E-state index is 13.7. The highest BCUT2D eigenvalue weighted by Crippen LogP contribution is 2.28. The molecular weight excluding hydrogens is 470 g/mol. The normalized spacial score (nSPS) is 15.3. The zero-order chi connectivity index (χ0) is 23.9. The zero-order valence-electron chi connectivity index (χ0n) is 19.0. The first-order valence-corrected chi connectivity index (χ1v) is 13.4. The number of carbonyl (C=O) groups is 1. The lowest BCUT2D eigenvalue weighted by molar-refractivity contribution is 0.0700. The number of pyridine rings is 1. The summed E-state index contributed by atoms with van der Waals surface area (Å²) < 4.78 is 29.3. The van der Waals surface area contributed by atoms with Crippen LogP contribution in [0.5, 0.6) is 0 Å². The zero-order valence-corrected chi connectivity index (χ0v) is 20.6. The van der Waals surface area contributed by atoms with Crippen LogP contribution in [0.15, 0.2) is 64.3 Å². The van der Waals surface area contributed by atoms with E-state index in [0.29, 0.717) is 39.6 Å². The van der Waals surface area contributed by atoms with Crippen LogP contribution in [0.4, 0.5) is 0 Å². The summed E-state index contributed by atoms with van der Waals surface area (Å²) in [5, 5.41) is 6.94. The quantitative estimate of drug-likeness (QED) is 0.419. The Labute approximate surface area is 202 Å². The van der Waals surface area contributed by atoms with Crippen LogP contribution in [0.1, 0.15) is 30.2 Å². The molecule has 1 fully saturated rings. The molecule has 1 aromatic carbocycles. The van der Waals surface area contributed by atoms with Crippen molar-refractivity contribution in [2.45, 2.75) is 24.1 Å². The highest BCUT2D eigenvalue weighted by atomic mass is 32.2. The van der Waals surface area contributed by atoms with Crippen LogP contribution >= 0.6 is 11.3 Å². The van der Waals surface area contributed by atoms with Gasteiger partial charge in [0.05, 0.1) is 22.8 Å².